The molecule has 3 aromatic rings. The molecule has 0 aliphatic rings. The Kier molecular flexibility index (Phi) is 8.01. The lowest BCUT2D eigenvalue weighted by molar-refractivity contribution is -0.121. The number of nitrogens with one attached hydrogen (secondary N) is 1. The van der Waals surface area contributed by atoms with E-state index in [1.54, 1.807) is 47.4 Å². The fourth-order valence-electron chi connectivity index (χ4n) is 3.42. The third-order valence-corrected chi connectivity index (χ3v) is 5.17. The van der Waals surface area contributed by atoms with Crippen molar-refractivity contribution in [1.29, 1.82) is 0 Å². The first-order chi connectivity index (χ1) is 16.4. The number of aromatic nitrogens is 4. The standard InChI is InChI=1S/C23H28N6O5/c1-3-5-13-27(19-20(24)28(12-4-2)23(33)26-21(19)31)18(30)15-34-22(32)16-7-9-17(10-8-16)29-14-6-11-25-29/h6-11,14H,3-5,12-13,15,24H2,1-2H3,(H,26,31,33). The SMILES string of the molecule is CCCCN(C(=O)COC(=O)c1ccc(-n2cccn2)cc1)c1c(N)n(CCC)c(=O)[nH]c1=O. The van der Waals surface area contributed by atoms with E-state index in [1.807, 2.05) is 13.8 Å². The Morgan fingerprint density at radius 2 is 1.88 bits per heavy atom. The number of rotatable bonds is 10. The Hall–Kier alpha value is -4.15. The van der Waals surface area contributed by atoms with Gasteiger partial charge in [-0.25, -0.2) is 14.3 Å². The van der Waals surface area contributed by atoms with Gasteiger partial charge in [0.05, 0.1) is 11.3 Å². The third kappa shape index (κ3) is 5.42. The van der Waals surface area contributed by atoms with Gasteiger partial charge in [-0.05, 0) is 43.2 Å². The van der Waals surface area contributed by atoms with Crippen molar-refractivity contribution in [3.63, 3.8) is 0 Å². The largest absolute Gasteiger partial charge is 0.452 e. The van der Waals surface area contributed by atoms with E-state index >= 15 is 0 Å². The van der Waals surface area contributed by atoms with E-state index in [9.17, 15) is 19.2 Å². The number of nitrogen functional groups attached to an aromatic ring is 1. The molecule has 0 bridgehead atoms. The van der Waals surface area contributed by atoms with Crippen molar-refractivity contribution in [3.05, 3.63) is 69.1 Å². The highest BCUT2D eigenvalue weighted by Gasteiger charge is 2.25. The number of amides is 1. The molecule has 11 nitrogen and oxygen atoms in total. The predicted molar refractivity (Wildman–Crippen MR) is 127 cm³/mol. The molecular formula is C23H28N6O5. The minimum Gasteiger partial charge on any atom is -0.452 e. The molecule has 11 heteroatoms. The molecule has 0 atom stereocenters. The molecule has 0 radical (unpaired) electrons. The van der Waals surface area contributed by atoms with Crippen molar-refractivity contribution in [2.45, 2.75) is 39.7 Å². The molecule has 2 heterocycles. The van der Waals surface area contributed by atoms with Gasteiger partial charge in [-0.1, -0.05) is 20.3 Å². The molecule has 34 heavy (non-hydrogen) atoms. The highest BCUT2D eigenvalue weighted by atomic mass is 16.5. The number of unbranched alkanes of at least 4 members (excludes halogenated alkanes) is 1. The molecular weight excluding hydrogens is 440 g/mol. The van der Waals surface area contributed by atoms with Crippen molar-refractivity contribution in [2.75, 3.05) is 23.8 Å². The number of nitrogens with two attached hydrogens (primary N) is 1. The fourth-order valence-corrected chi connectivity index (χ4v) is 3.42. The van der Waals surface area contributed by atoms with Gasteiger partial charge in [-0.2, -0.15) is 5.10 Å². The van der Waals surface area contributed by atoms with Crippen LogP contribution in [0, 0.1) is 0 Å². The maximum atomic E-state index is 13.0. The third-order valence-electron chi connectivity index (χ3n) is 5.17. The van der Waals surface area contributed by atoms with E-state index in [0.29, 0.717) is 12.8 Å². The number of hydrogen-bond acceptors (Lipinski definition) is 7. The summed E-state index contributed by atoms with van der Waals surface area (Å²) in [5.74, 6) is -1.40. The van der Waals surface area contributed by atoms with Crippen molar-refractivity contribution >= 4 is 23.4 Å². The van der Waals surface area contributed by atoms with E-state index in [0.717, 1.165) is 12.1 Å². The molecule has 180 valence electrons. The van der Waals surface area contributed by atoms with Crippen LogP contribution in [0.3, 0.4) is 0 Å². The van der Waals surface area contributed by atoms with Gasteiger partial charge in [-0.3, -0.25) is 19.1 Å². The Balaban J connectivity index is 1.77. The van der Waals surface area contributed by atoms with Gasteiger partial charge >= 0.3 is 11.7 Å². The maximum absolute atomic E-state index is 13.0. The number of carbonyl (C=O) groups excluding carboxylic acids is 2. The number of esters is 1. The molecule has 0 saturated heterocycles. The second-order valence-corrected chi connectivity index (χ2v) is 7.62. The van der Waals surface area contributed by atoms with Crippen LogP contribution in [0.15, 0.2) is 52.3 Å². The van der Waals surface area contributed by atoms with Crippen LogP contribution in [0.1, 0.15) is 43.5 Å². The van der Waals surface area contributed by atoms with E-state index in [4.69, 9.17) is 10.5 Å². The Morgan fingerprint density at radius 3 is 2.50 bits per heavy atom. The fraction of sp³-hybridized carbons (Fsp3) is 0.348. The van der Waals surface area contributed by atoms with Crippen LogP contribution in [-0.4, -0.2) is 44.4 Å². The van der Waals surface area contributed by atoms with Gasteiger partial charge in [0.2, 0.25) is 0 Å². The molecule has 0 aliphatic carbocycles. The predicted octanol–water partition coefficient (Wildman–Crippen LogP) is 1.70. The number of aromatic amines is 1. The molecule has 0 spiro atoms. The van der Waals surface area contributed by atoms with Crippen LogP contribution in [0.25, 0.3) is 5.69 Å². The summed E-state index contributed by atoms with van der Waals surface area (Å²) in [5.41, 5.74) is 5.62. The number of nitrogens with zero attached hydrogens (tertiary/aromatic N) is 4. The van der Waals surface area contributed by atoms with E-state index < -0.39 is 29.7 Å². The van der Waals surface area contributed by atoms with Gasteiger partial charge < -0.3 is 15.4 Å². The molecule has 3 rings (SSSR count). The van der Waals surface area contributed by atoms with Crippen molar-refractivity contribution in [2.24, 2.45) is 0 Å². The van der Waals surface area contributed by atoms with E-state index in [2.05, 4.69) is 10.1 Å². The first-order valence-electron chi connectivity index (χ1n) is 11.1. The highest BCUT2D eigenvalue weighted by molar-refractivity contribution is 5.98. The normalized spacial score (nSPS) is 10.8. The van der Waals surface area contributed by atoms with Crippen molar-refractivity contribution in [3.8, 4) is 5.69 Å². The number of ether oxygens (including phenoxy) is 1. The average molecular weight is 469 g/mol. The van der Waals surface area contributed by atoms with Gasteiger partial charge in [0.1, 0.15) is 5.82 Å². The summed E-state index contributed by atoms with van der Waals surface area (Å²) in [6, 6.07) is 8.33. The first-order valence-corrected chi connectivity index (χ1v) is 11.1. The number of carbonyl (C=O) groups is 2. The summed E-state index contributed by atoms with van der Waals surface area (Å²) in [4.78, 5) is 53.6. The number of anilines is 2. The van der Waals surface area contributed by atoms with Crippen LogP contribution in [0.5, 0.6) is 0 Å². The topological polar surface area (TPSA) is 145 Å². The van der Waals surface area contributed by atoms with Crippen LogP contribution < -0.4 is 21.9 Å². The summed E-state index contributed by atoms with van der Waals surface area (Å²) in [5, 5.41) is 4.12. The van der Waals surface area contributed by atoms with E-state index in [1.165, 1.54) is 9.47 Å². The average Bonchev–Trinajstić information content (AvgIpc) is 3.37. The van der Waals surface area contributed by atoms with Gasteiger partial charge in [0.25, 0.3) is 11.5 Å². The summed E-state index contributed by atoms with van der Waals surface area (Å²) in [6.45, 7) is 3.67. The van der Waals surface area contributed by atoms with Crippen LogP contribution in [0.2, 0.25) is 0 Å². The zero-order valence-corrected chi connectivity index (χ0v) is 19.2. The molecule has 0 unspecified atom stereocenters. The van der Waals surface area contributed by atoms with Crippen LogP contribution in [-0.2, 0) is 16.1 Å². The summed E-state index contributed by atoms with van der Waals surface area (Å²) in [7, 11) is 0. The van der Waals surface area contributed by atoms with Crippen molar-refractivity contribution in [1.82, 2.24) is 19.3 Å². The minimum absolute atomic E-state index is 0.0967. The molecule has 0 fully saturated rings. The molecule has 0 saturated carbocycles. The molecule has 1 aromatic carbocycles. The second kappa shape index (κ2) is 11.1. The first kappa shape index (κ1) is 24.5. The quantitative estimate of drug-likeness (QED) is 0.431. The van der Waals surface area contributed by atoms with Gasteiger partial charge in [0.15, 0.2) is 12.3 Å². The zero-order valence-electron chi connectivity index (χ0n) is 19.2. The number of hydrogen-bond donors (Lipinski definition) is 2. The molecule has 3 N–H and O–H groups in total. The number of benzene rings is 1. The summed E-state index contributed by atoms with van der Waals surface area (Å²) < 4.78 is 8.07. The maximum Gasteiger partial charge on any atom is 0.338 e. The zero-order chi connectivity index (χ0) is 24.7. The molecule has 1 amide bonds. The minimum atomic E-state index is -0.764. The van der Waals surface area contributed by atoms with E-state index in [-0.39, 0.29) is 30.2 Å². The lowest BCUT2D eigenvalue weighted by Gasteiger charge is -2.24. The van der Waals surface area contributed by atoms with Gasteiger partial charge in [-0.15, -0.1) is 0 Å². The Bertz CT molecular complexity index is 1240. The molecule has 0 aliphatic heterocycles. The lowest BCUT2D eigenvalue weighted by atomic mass is 10.2. The summed E-state index contributed by atoms with van der Waals surface area (Å²) >= 11 is 0. The van der Waals surface area contributed by atoms with Gasteiger partial charge in [0, 0.05) is 25.5 Å². The molecule has 2 aromatic heterocycles. The monoisotopic (exact) mass is 468 g/mol. The Labute approximate surface area is 195 Å². The second-order valence-electron chi connectivity index (χ2n) is 7.62. The highest BCUT2D eigenvalue weighted by Crippen LogP contribution is 2.18. The van der Waals surface area contributed by atoms with Crippen molar-refractivity contribution < 1.29 is 14.3 Å². The lowest BCUT2D eigenvalue weighted by Crippen LogP contribution is -2.43. The Morgan fingerprint density at radius 1 is 1.15 bits per heavy atom. The smallest absolute Gasteiger partial charge is 0.338 e. The van der Waals surface area contributed by atoms with Crippen LogP contribution >= 0.6 is 0 Å². The summed E-state index contributed by atoms with van der Waals surface area (Å²) in [6.07, 6.45) is 5.35. The number of H-pyrrole nitrogens is 1. The van der Waals surface area contributed by atoms with Crippen LogP contribution in [0.4, 0.5) is 11.5 Å².